The van der Waals surface area contributed by atoms with E-state index in [9.17, 15) is 4.79 Å². The van der Waals surface area contributed by atoms with Crippen LogP contribution in [-0.4, -0.2) is 15.5 Å². The number of carbonyl (C=O) groups is 1. The first-order chi connectivity index (χ1) is 19.2. The first kappa shape index (κ1) is 23.6. The van der Waals surface area contributed by atoms with Crippen LogP contribution in [0.2, 0.25) is 0 Å². The molecular formula is C35H24N2OP+. The maximum absolute atomic E-state index is 14.5. The molecule has 0 saturated heterocycles. The van der Waals surface area contributed by atoms with Gasteiger partial charge in [0, 0.05) is 0 Å². The van der Waals surface area contributed by atoms with Gasteiger partial charge >= 0.3 is 229 Å². The van der Waals surface area contributed by atoms with Crippen LogP contribution < -0.4 is 16.0 Å². The van der Waals surface area contributed by atoms with Crippen LogP contribution in [0.1, 0.15) is 23.7 Å². The quantitative estimate of drug-likeness (QED) is 0.246. The van der Waals surface area contributed by atoms with Crippen molar-refractivity contribution in [1.82, 2.24) is 9.55 Å². The van der Waals surface area contributed by atoms with Crippen LogP contribution >= 0.6 is 8.04 Å². The molecule has 0 N–H and O–H groups in total. The summed E-state index contributed by atoms with van der Waals surface area (Å²) >= 11 is 0. The van der Waals surface area contributed by atoms with E-state index in [1.807, 2.05) is 60.7 Å². The van der Waals surface area contributed by atoms with Gasteiger partial charge in [0.15, 0.2) is 0 Å². The van der Waals surface area contributed by atoms with Crippen molar-refractivity contribution in [3.05, 3.63) is 119 Å². The molecule has 1 aliphatic carbocycles. The van der Waals surface area contributed by atoms with Crippen molar-refractivity contribution in [3.63, 3.8) is 0 Å². The average Bonchev–Trinajstić information content (AvgIpc) is 3.42. The molecule has 0 fully saturated rings. The maximum atomic E-state index is 14.5. The van der Waals surface area contributed by atoms with Crippen LogP contribution in [0.5, 0.6) is 0 Å². The number of rotatable bonds is 3. The van der Waals surface area contributed by atoms with Crippen molar-refractivity contribution >= 4 is 31.4 Å². The molecule has 184 valence electrons. The zero-order valence-electron chi connectivity index (χ0n) is 21.4. The first-order valence-electron chi connectivity index (χ1n) is 13.0. The van der Waals surface area contributed by atoms with Crippen molar-refractivity contribution in [3.8, 4) is 50.9 Å². The monoisotopic (exact) mass is 519 g/mol. The second-order valence-corrected chi connectivity index (χ2v) is 10.6. The SMILES string of the molecule is C#[P+]c1c(-c2ccccc2)c2c(c(-c3ccccc3)c1-c1ccccc1)-c1nc3c(n1C2=O)=CC=C(C)CC=3. The van der Waals surface area contributed by atoms with Crippen molar-refractivity contribution < 1.29 is 4.79 Å². The van der Waals surface area contributed by atoms with E-state index in [1.54, 1.807) is 4.57 Å². The summed E-state index contributed by atoms with van der Waals surface area (Å²) in [6.45, 7) is 2.10. The van der Waals surface area contributed by atoms with Gasteiger partial charge in [-0.2, -0.15) is 0 Å². The topological polar surface area (TPSA) is 34.9 Å². The molecule has 0 amide bonds. The zero-order chi connectivity index (χ0) is 26.5. The summed E-state index contributed by atoms with van der Waals surface area (Å²) in [4.78, 5) is 19.7. The van der Waals surface area contributed by atoms with Crippen LogP contribution in [0, 0.1) is 6.13 Å². The van der Waals surface area contributed by atoms with Gasteiger partial charge < -0.3 is 0 Å². The number of benzene rings is 4. The third-order valence-electron chi connectivity index (χ3n) is 7.52. The number of allylic oxidation sites excluding steroid dienone is 2. The molecule has 0 unspecified atom stereocenters. The number of nitrogens with zero attached hydrogens (tertiary/aromatic N) is 2. The molecule has 1 aliphatic heterocycles. The van der Waals surface area contributed by atoms with E-state index in [4.69, 9.17) is 11.1 Å². The van der Waals surface area contributed by atoms with Crippen molar-refractivity contribution in [1.29, 1.82) is 0 Å². The number of hydrogen-bond donors (Lipinski definition) is 0. The molecule has 0 spiro atoms. The van der Waals surface area contributed by atoms with E-state index in [0.29, 0.717) is 19.4 Å². The Hall–Kier alpha value is -4.55. The Morgan fingerprint density at radius 3 is 1.82 bits per heavy atom. The fourth-order valence-corrected chi connectivity index (χ4v) is 6.50. The Kier molecular flexibility index (Phi) is 5.63. The zero-order valence-corrected chi connectivity index (χ0v) is 22.3. The van der Waals surface area contributed by atoms with Gasteiger partial charge in [-0.1, -0.05) is 0 Å². The number of imidazole rings is 1. The van der Waals surface area contributed by atoms with Gasteiger partial charge in [0.2, 0.25) is 0 Å². The van der Waals surface area contributed by atoms with Crippen LogP contribution in [0.4, 0.5) is 0 Å². The normalized spacial score (nSPS) is 13.3. The summed E-state index contributed by atoms with van der Waals surface area (Å²) < 4.78 is 1.80. The average molecular weight is 520 g/mol. The molecule has 2 heterocycles. The van der Waals surface area contributed by atoms with Crippen LogP contribution in [0.25, 0.3) is 56.9 Å². The molecular weight excluding hydrogens is 495 g/mol. The number of aromatic nitrogens is 2. The fourth-order valence-electron chi connectivity index (χ4n) is 5.76. The molecule has 39 heavy (non-hydrogen) atoms. The van der Waals surface area contributed by atoms with Crippen LogP contribution in [0.15, 0.2) is 103 Å². The summed E-state index contributed by atoms with van der Waals surface area (Å²) in [5, 5.41) is 2.61. The molecule has 0 radical (unpaired) electrons. The third-order valence-corrected chi connectivity index (χ3v) is 8.22. The standard InChI is InChI=1S/C35H24N2OP/c1-22-18-20-26-27(21-19-22)37-34(36-26)31-28(23-12-6-3-7-13-23)29(24-14-8-4-9-15-24)33(39-2)30(32(31)35(37)38)25-16-10-5-11-17-25/h2-17,19-21H,18H2,1H3/q+1. The molecule has 2 aliphatic rings. The molecule has 4 aromatic carbocycles. The van der Waals surface area contributed by atoms with E-state index < -0.39 is 0 Å². The molecule has 5 aromatic rings. The van der Waals surface area contributed by atoms with Crippen LogP contribution in [0.3, 0.4) is 0 Å². The second-order valence-electron chi connectivity index (χ2n) is 9.89. The second kappa shape index (κ2) is 9.33. The molecule has 0 bridgehead atoms. The summed E-state index contributed by atoms with van der Waals surface area (Å²) in [5.41, 5.74) is 8.71. The molecule has 3 nitrogen and oxygen atoms in total. The van der Waals surface area contributed by atoms with E-state index in [2.05, 4.69) is 55.5 Å². The van der Waals surface area contributed by atoms with Gasteiger partial charge in [0.05, 0.1) is 0 Å². The van der Waals surface area contributed by atoms with Crippen molar-refractivity contribution in [2.24, 2.45) is 0 Å². The molecule has 0 saturated carbocycles. The van der Waals surface area contributed by atoms with Gasteiger partial charge in [0.25, 0.3) is 0 Å². The van der Waals surface area contributed by atoms with Crippen LogP contribution in [-0.2, 0) is 0 Å². The summed E-state index contributed by atoms with van der Waals surface area (Å²) in [5.74, 6) is 0.626. The number of carbonyl (C=O) groups excluding carboxylic acids is 1. The van der Waals surface area contributed by atoms with E-state index >= 15 is 0 Å². The molecule has 4 heteroatoms. The van der Waals surface area contributed by atoms with Gasteiger partial charge in [-0.05, 0) is 0 Å². The summed E-state index contributed by atoms with van der Waals surface area (Å²) in [7, 11) is 0.592. The Balaban J connectivity index is 1.73. The third kappa shape index (κ3) is 3.63. The minimum absolute atomic E-state index is 0.0631. The van der Waals surface area contributed by atoms with E-state index in [-0.39, 0.29) is 5.91 Å². The van der Waals surface area contributed by atoms with Gasteiger partial charge in [-0.15, -0.1) is 0 Å². The van der Waals surface area contributed by atoms with E-state index in [1.165, 1.54) is 5.57 Å². The first-order valence-corrected chi connectivity index (χ1v) is 14.0. The summed E-state index contributed by atoms with van der Waals surface area (Å²) in [6, 6.07) is 30.8. The van der Waals surface area contributed by atoms with Gasteiger partial charge in [-0.25, -0.2) is 0 Å². The predicted molar refractivity (Wildman–Crippen MR) is 162 cm³/mol. The minimum atomic E-state index is -0.0631. The Morgan fingerprint density at radius 2 is 1.26 bits per heavy atom. The summed E-state index contributed by atoms with van der Waals surface area (Å²) in [6.07, 6.45) is 13.6. The number of hydrogen-bond acceptors (Lipinski definition) is 2. The number of fused-ring (bicyclic) bond motifs is 5. The Bertz CT molecular complexity index is 2000. The van der Waals surface area contributed by atoms with E-state index in [0.717, 1.165) is 61.4 Å². The molecule has 7 rings (SSSR count). The predicted octanol–water partition coefficient (Wildman–Crippen LogP) is 6.62. The molecule has 1 aromatic heterocycles. The Morgan fingerprint density at radius 1 is 0.718 bits per heavy atom. The van der Waals surface area contributed by atoms with Gasteiger partial charge in [0.1, 0.15) is 0 Å². The molecule has 0 atom stereocenters. The van der Waals surface area contributed by atoms with Crippen molar-refractivity contribution in [2.45, 2.75) is 13.3 Å². The van der Waals surface area contributed by atoms with Crippen molar-refractivity contribution in [2.75, 3.05) is 0 Å². The fraction of sp³-hybridized carbons (Fsp3) is 0.0571. The van der Waals surface area contributed by atoms with Gasteiger partial charge in [-0.3, -0.25) is 0 Å². The Labute approximate surface area is 228 Å².